The van der Waals surface area contributed by atoms with Gasteiger partial charge in [0.25, 0.3) is 0 Å². The van der Waals surface area contributed by atoms with Crippen LogP contribution in [0.3, 0.4) is 0 Å². The molecule has 25 heavy (non-hydrogen) atoms. The molecule has 4 rings (SSSR count). The first-order valence-corrected chi connectivity index (χ1v) is 8.64. The van der Waals surface area contributed by atoms with Crippen LogP contribution in [0, 0.1) is 0 Å². The lowest BCUT2D eigenvalue weighted by Crippen LogP contribution is -2.32. The predicted octanol–water partition coefficient (Wildman–Crippen LogP) is 4.54. The Balaban J connectivity index is 1.63. The molecule has 1 aliphatic rings. The Morgan fingerprint density at radius 1 is 1.04 bits per heavy atom. The fraction of sp³-hybridized carbons (Fsp3) is 0.227. The van der Waals surface area contributed by atoms with Crippen molar-refractivity contribution in [2.45, 2.75) is 19.3 Å². The van der Waals surface area contributed by atoms with Gasteiger partial charge in [-0.1, -0.05) is 42.5 Å². The van der Waals surface area contributed by atoms with E-state index in [9.17, 15) is 4.79 Å². The molecule has 3 aromatic carbocycles. The smallest absolute Gasteiger partial charge is 0.234 e. The molecule has 0 aliphatic carbocycles. The Labute approximate surface area is 147 Å². The van der Waals surface area contributed by atoms with Crippen molar-refractivity contribution in [2.75, 3.05) is 18.6 Å². The number of para-hydroxylation sites is 1. The molecule has 0 fully saturated rings. The Morgan fingerprint density at radius 3 is 2.64 bits per heavy atom. The van der Waals surface area contributed by atoms with Crippen molar-refractivity contribution < 1.29 is 9.53 Å². The first-order valence-electron chi connectivity index (χ1n) is 8.64. The van der Waals surface area contributed by atoms with Gasteiger partial charge in [-0.2, -0.15) is 0 Å². The van der Waals surface area contributed by atoms with Crippen LogP contribution in [0.2, 0.25) is 0 Å². The molecule has 1 atom stereocenters. The number of amides is 1. The summed E-state index contributed by atoms with van der Waals surface area (Å²) in [6.45, 7) is 2.77. The second-order valence-corrected chi connectivity index (χ2v) is 6.56. The molecule has 0 radical (unpaired) electrons. The van der Waals surface area contributed by atoms with Crippen LogP contribution in [0.15, 0.2) is 60.7 Å². The van der Waals surface area contributed by atoms with E-state index in [1.165, 1.54) is 5.56 Å². The molecule has 3 nitrogen and oxygen atoms in total. The van der Waals surface area contributed by atoms with E-state index in [0.717, 1.165) is 40.7 Å². The average Bonchev–Trinajstić information content (AvgIpc) is 3.10. The van der Waals surface area contributed by atoms with Crippen molar-refractivity contribution in [1.29, 1.82) is 0 Å². The molecule has 0 saturated heterocycles. The Hall–Kier alpha value is -2.81. The lowest BCUT2D eigenvalue weighted by molar-refractivity contribution is -0.119. The minimum absolute atomic E-state index is 0.165. The highest BCUT2D eigenvalue weighted by molar-refractivity contribution is 6.00. The molecular weight excluding hydrogens is 310 g/mol. The molecule has 3 heteroatoms. The van der Waals surface area contributed by atoms with Crippen molar-refractivity contribution in [3.05, 3.63) is 71.8 Å². The molecule has 126 valence electrons. The number of ether oxygens (including phenoxy) is 1. The highest BCUT2D eigenvalue weighted by Crippen LogP contribution is 2.32. The van der Waals surface area contributed by atoms with Gasteiger partial charge in [0.05, 0.1) is 13.0 Å². The molecule has 1 heterocycles. The monoisotopic (exact) mass is 331 g/mol. The summed E-state index contributed by atoms with van der Waals surface area (Å²) in [6.07, 6.45) is 0.937. The zero-order valence-corrected chi connectivity index (χ0v) is 14.5. The summed E-state index contributed by atoms with van der Waals surface area (Å²) in [5.41, 5.74) is 3.37. The van der Waals surface area contributed by atoms with Crippen molar-refractivity contribution >= 4 is 22.4 Å². The van der Waals surface area contributed by atoms with Gasteiger partial charge >= 0.3 is 0 Å². The quantitative estimate of drug-likeness (QED) is 0.705. The number of hydrogen-bond donors (Lipinski definition) is 0. The number of fused-ring (bicyclic) bond motifs is 2. The molecule has 0 spiro atoms. The molecule has 1 amide bonds. The van der Waals surface area contributed by atoms with E-state index < -0.39 is 0 Å². The van der Waals surface area contributed by atoms with Crippen LogP contribution in [-0.4, -0.2) is 19.6 Å². The lowest BCUT2D eigenvalue weighted by atomic mass is 9.96. The maximum atomic E-state index is 13.1. The first-order chi connectivity index (χ1) is 12.2. The van der Waals surface area contributed by atoms with Gasteiger partial charge < -0.3 is 9.64 Å². The number of nitrogens with zero attached hydrogens (tertiary/aromatic N) is 1. The van der Waals surface area contributed by atoms with Crippen molar-refractivity contribution in [2.24, 2.45) is 0 Å². The van der Waals surface area contributed by atoms with Gasteiger partial charge in [0.1, 0.15) is 5.75 Å². The van der Waals surface area contributed by atoms with Gasteiger partial charge in [0, 0.05) is 12.2 Å². The van der Waals surface area contributed by atoms with Crippen LogP contribution in [-0.2, 0) is 11.2 Å². The first kappa shape index (κ1) is 15.7. The van der Waals surface area contributed by atoms with Crippen LogP contribution in [0.4, 0.5) is 5.69 Å². The summed E-state index contributed by atoms with van der Waals surface area (Å²) in [4.78, 5) is 15.0. The highest BCUT2D eigenvalue weighted by atomic mass is 16.5. The molecular formula is C22H21NO2. The van der Waals surface area contributed by atoms with Gasteiger partial charge in [0.2, 0.25) is 5.91 Å². The second kappa shape index (κ2) is 6.25. The normalized spacial score (nSPS) is 14.4. The second-order valence-electron chi connectivity index (χ2n) is 6.56. The topological polar surface area (TPSA) is 29.5 Å². The third kappa shape index (κ3) is 2.76. The number of hydrogen-bond acceptors (Lipinski definition) is 2. The standard InChI is InChI=1S/C22H21NO2/c1-15(22(24)23-12-11-16-5-3-4-6-21(16)23)17-7-8-19-14-20(25-2)10-9-18(19)13-17/h3-10,13-15H,11-12H2,1-2H3/t15-/m1/s1. The van der Waals surface area contributed by atoms with E-state index in [1.807, 2.05) is 54.3 Å². The largest absolute Gasteiger partial charge is 0.497 e. The number of carbonyl (C=O) groups excluding carboxylic acids is 1. The van der Waals surface area contributed by atoms with E-state index >= 15 is 0 Å². The van der Waals surface area contributed by atoms with Gasteiger partial charge in [-0.05, 0) is 53.4 Å². The molecule has 0 N–H and O–H groups in total. The van der Waals surface area contributed by atoms with Gasteiger partial charge in [-0.3, -0.25) is 4.79 Å². The van der Waals surface area contributed by atoms with Crippen molar-refractivity contribution in [3.63, 3.8) is 0 Å². The Bertz CT molecular complexity index is 948. The lowest BCUT2D eigenvalue weighted by Gasteiger charge is -2.22. The van der Waals surface area contributed by atoms with Crippen LogP contribution in [0.25, 0.3) is 10.8 Å². The molecule has 1 aliphatic heterocycles. The molecule has 0 saturated carbocycles. The van der Waals surface area contributed by atoms with Crippen LogP contribution in [0.1, 0.15) is 24.0 Å². The SMILES string of the molecule is COc1ccc2cc([C@@H](C)C(=O)N3CCc4ccccc43)ccc2c1. The summed E-state index contributed by atoms with van der Waals surface area (Å²) in [6, 6.07) is 20.4. The number of benzene rings is 3. The van der Waals surface area contributed by atoms with E-state index in [4.69, 9.17) is 4.74 Å². The van der Waals surface area contributed by atoms with E-state index in [2.05, 4.69) is 18.2 Å². The fourth-order valence-corrected chi connectivity index (χ4v) is 3.58. The maximum Gasteiger partial charge on any atom is 0.234 e. The predicted molar refractivity (Wildman–Crippen MR) is 101 cm³/mol. The number of methoxy groups -OCH3 is 1. The molecule has 3 aromatic rings. The van der Waals surface area contributed by atoms with E-state index in [-0.39, 0.29) is 11.8 Å². The van der Waals surface area contributed by atoms with Crippen molar-refractivity contribution in [3.8, 4) is 5.75 Å². The number of rotatable bonds is 3. The highest BCUT2D eigenvalue weighted by Gasteiger charge is 2.28. The Morgan fingerprint density at radius 2 is 1.80 bits per heavy atom. The third-order valence-corrected chi connectivity index (χ3v) is 5.10. The van der Waals surface area contributed by atoms with Crippen LogP contribution in [0.5, 0.6) is 5.75 Å². The number of anilines is 1. The zero-order chi connectivity index (χ0) is 17.4. The van der Waals surface area contributed by atoms with Crippen LogP contribution < -0.4 is 9.64 Å². The van der Waals surface area contributed by atoms with Gasteiger partial charge in [0.15, 0.2) is 0 Å². The fourth-order valence-electron chi connectivity index (χ4n) is 3.58. The van der Waals surface area contributed by atoms with Crippen LogP contribution >= 0.6 is 0 Å². The maximum absolute atomic E-state index is 13.1. The molecule has 0 bridgehead atoms. The summed E-state index contributed by atoms with van der Waals surface area (Å²) in [5.74, 6) is 0.841. The molecule has 0 aromatic heterocycles. The average molecular weight is 331 g/mol. The van der Waals surface area contributed by atoms with E-state index in [1.54, 1.807) is 7.11 Å². The van der Waals surface area contributed by atoms with E-state index in [0.29, 0.717) is 0 Å². The summed E-state index contributed by atoms with van der Waals surface area (Å²) in [5, 5.41) is 2.24. The molecule has 0 unspecified atom stereocenters. The minimum atomic E-state index is -0.169. The summed E-state index contributed by atoms with van der Waals surface area (Å²) in [7, 11) is 1.67. The van der Waals surface area contributed by atoms with Gasteiger partial charge in [-0.15, -0.1) is 0 Å². The third-order valence-electron chi connectivity index (χ3n) is 5.10. The zero-order valence-electron chi connectivity index (χ0n) is 14.5. The summed E-state index contributed by atoms with van der Waals surface area (Å²) >= 11 is 0. The van der Waals surface area contributed by atoms with Crippen molar-refractivity contribution in [1.82, 2.24) is 0 Å². The Kier molecular flexibility index (Phi) is 3.92. The van der Waals surface area contributed by atoms with Gasteiger partial charge in [-0.25, -0.2) is 0 Å². The summed E-state index contributed by atoms with van der Waals surface area (Å²) < 4.78 is 5.28. The number of carbonyl (C=O) groups is 1. The minimum Gasteiger partial charge on any atom is -0.497 e.